The molecule has 0 aromatic heterocycles. The summed E-state index contributed by atoms with van der Waals surface area (Å²) in [5.74, 6) is 0.863. The third kappa shape index (κ3) is 3.91. The van der Waals surface area contributed by atoms with E-state index in [1.807, 2.05) is 19.1 Å². The summed E-state index contributed by atoms with van der Waals surface area (Å²) >= 11 is 0. The number of carbonyl (C=O) groups is 1. The fourth-order valence-corrected chi connectivity index (χ4v) is 1.88. The Hall–Kier alpha value is -1.77. The molecule has 0 saturated heterocycles. The maximum Gasteiger partial charge on any atom is 0.216 e. The number of benzene rings is 1. The van der Waals surface area contributed by atoms with Gasteiger partial charge in [0.25, 0.3) is 0 Å². The summed E-state index contributed by atoms with van der Waals surface area (Å²) < 4.78 is 5.25. The SMILES string of the molecule is C/C=C(/CCNC(C)=O)c1cc(OC)ccc1C. The lowest BCUT2D eigenvalue weighted by Gasteiger charge is -2.12. The van der Waals surface area contributed by atoms with Crippen molar-refractivity contribution < 1.29 is 9.53 Å². The Morgan fingerprint density at radius 2 is 2.17 bits per heavy atom. The number of aryl methyl sites for hydroxylation is 1. The summed E-state index contributed by atoms with van der Waals surface area (Å²) in [5, 5.41) is 2.82. The minimum atomic E-state index is 0.00724. The van der Waals surface area contributed by atoms with E-state index < -0.39 is 0 Å². The zero-order valence-corrected chi connectivity index (χ0v) is 11.5. The van der Waals surface area contributed by atoms with Gasteiger partial charge in [-0.1, -0.05) is 12.1 Å². The number of hydrogen-bond acceptors (Lipinski definition) is 2. The van der Waals surface area contributed by atoms with Crippen LogP contribution in [-0.2, 0) is 4.79 Å². The first-order chi connectivity index (χ1) is 8.58. The molecule has 0 aliphatic heterocycles. The molecule has 3 nitrogen and oxygen atoms in total. The Labute approximate surface area is 109 Å². The fourth-order valence-electron chi connectivity index (χ4n) is 1.88. The van der Waals surface area contributed by atoms with Gasteiger partial charge in [0.1, 0.15) is 5.75 Å². The Morgan fingerprint density at radius 1 is 1.44 bits per heavy atom. The van der Waals surface area contributed by atoms with Gasteiger partial charge in [0.05, 0.1) is 7.11 Å². The van der Waals surface area contributed by atoms with Crippen LogP contribution in [0, 0.1) is 6.92 Å². The molecule has 1 rings (SSSR count). The van der Waals surface area contributed by atoms with Crippen LogP contribution in [0.4, 0.5) is 0 Å². The van der Waals surface area contributed by atoms with E-state index in [1.54, 1.807) is 7.11 Å². The van der Waals surface area contributed by atoms with Crippen molar-refractivity contribution in [2.45, 2.75) is 27.2 Å². The summed E-state index contributed by atoms with van der Waals surface area (Å²) in [6, 6.07) is 6.05. The van der Waals surface area contributed by atoms with Gasteiger partial charge in [-0.25, -0.2) is 0 Å². The van der Waals surface area contributed by atoms with Crippen LogP contribution >= 0.6 is 0 Å². The molecular formula is C15H21NO2. The molecule has 0 unspecified atom stereocenters. The Balaban J connectivity index is 2.85. The molecule has 1 aromatic carbocycles. The maximum absolute atomic E-state index is 10.9. The first-order valence-corrected chi connectivity index (χ1v) is 6.13. The molecule has 0 atom stereocenters. The van der Waals surface area contributed by atoms with E-state index in [0.717, 1.165) is 12.2 Å². The van der Waals surface area contributed by atoms with Crippen LogP contribution in [0.5, 0.6) is 5.75 Å². The normalized spacial score (nSPS) is 11.2. The van der Waals surface area contributed by atoms with Crippen LogP contribution in [0.2, 0.25) is 0 Å². The standard InChI is InChI=1S/C15H21NO2/c1-5-13(8-9-16-12(3)17)15-10-14(18-4)7-6-11(15)2/h5-7,10H,8-9H2,1-4H3,(H,16,17)/b13-5-. The summed E-state index contributed by atoms with van der Waals surface area (Å²) in [6.07, 6.45) is 2.91. The Kier molecular flexibility index (Phi) is 5.43. The maximum atomic E-state index is 10.9. The topological polar surface area (TPSA) is 38.3 Å². The predicted molar refractivity (Wildman–Crippen MR) is 74.7 cm³/mol. The van der Waals surface area contributed by atoms with Gasteiger partial charge in [0.2, 0.25) is 5.91 Å². The summed E-state index contributed by atoms with van der Waals surface area (Å²) in [4.78, 5) is 10.9. The molecule has 0 radical (unpaired) electrons. The molecule has 0 aliphatic rings. The first kappa shape index (κ1) is 14.3. The number of carbonyl (C=O) groups excluding carboxylic acids is 1. The molecule has 0 spiro atoms. The van der Waals surface area contributed by atoms with Gasteiger partial charge in [-0.2, -0.15) is 0 Å². The summed E-state index contributed by atoms with van der Waals surface area (Å²) in [5.41, 5.74) is 3.62. The molecule has 0 heterocycles. The quantitative estimate of drug-likeness (QED) is 0.868. The number of ether oxygens (including phenoxy) is 1. The predicted octanol–water partition coefficient (Wildman–Crippen LogP) is 2.93. The number of nitrogens with one attached hydrogen (secondary N) is 1. The zero-order chi connectivity index (χ0) is 13.5. The monoisotopic (exact) mass is 247 g/mol. The van der Waals surface area contributed by atoms with Crippen molar-refractivity contribution in [2.75, 3.05) is 13.7 Å². The van der Waals surface area contributed by atoms with E-state index in [9.17, 15) is 4.79 Å². The highest BCUT2D eigenvalue weighted by Gasteiger charge is 2.06. The Morgan fingerprint density at radius 3 is 2.72 bits per heavy atom. The van der Waals surface area contributed by atoms with Crippen LogP contribution in [0.25, 0.3) is 5.57 Å². The van der Waals surface area contributed by atoms with Gasteiger partial charge in [-0.15, -0.1) is 0 Å². The van der Waals surface area contributed by atoms with Crippen molar-refractivity contribution in [3.8, 4) is 5.75 Å². The Bertz CT molecular complexity index is 450. The van der Waals surface area contributed by atoms with E-state index >= 15 is 0 Å². The average Bonchev–Trinajstić information content (AvgIpc) is 2.35. The molecule has 98 valence electrons. The number of rotatable bonds is 5. The average molecular weight is 247 g/mol. The third-order valence-corrected chi connectivity index (χ3v) is 2.91. The molecule has 1 amide bonds. The number of allylic oxidation sites excluding steroid dienone is 1. The molecule has 18 heavy (non-hydrogen) atoms. The van der Waals surface area contributed by atoms with E-state index in [-0.39, 0.29) is 5.91 Å². The minimum absolute atomic E-state index is 0.00724. The van der Waals surface area contributed by atoms with Gasteiger partial charge < -0.3 is 10.1 Å². The fraction of sp³-hybridized carbons (Fsp3) is 0.400. The van der Waals surface area contributed by atoms with Gasteiger partial charge in [-0.3, -0.25) is 4.79 Å². The van der Waals surface area contributed by atoms with Crippen molar-refractivity contribution >= 4 is 11.5 Å². The van der Waals surface area contributed by atoms with Crippen molar-refractivity contribution in [1.82, 2.24) is 5.32 Å². The third-order valence-electron chi connectivity index (χ3n) is 2.91. The largest absolute Gasteiger partial charge is 0.497 e. The summed E-state index contributed by atoms with van der Waals surface area (Å²) in [7, 11) is 1.67. The molecule has 3 heteroatoms. The van der Waals surface area contributed by atoms with Gasteiger partial charge >= 0.3 is 0 Å². The second kappa shape index (κ2) is 6.84. The lowest BCUT2D eigenvalue weighted by Crippen LogP contribution is -2.21. The van der Waals surface area contributed by atoms with E-state index in [1.165, 1.54) is 23.6 Å². The molecule has 1 N–H and O–H groups in total. The zero-order valence-electron chi connectivity index (χ0n) is 11.5. The van der Waals surface area contributed by atoms with Crippen LogP contribution in [0.15, 0.2) is 24.3 Å². The van der Waals surface area contributed by atoms with E-state index in [2.05, 4.69) is 24.4 Å². The van der Waals surface area contributed by atoms with Crippen molar-refractivity contribution in [1.29, 1.82) is 0 Å². The molecule has 0 bridgehead atoms. The second-order valence-electron chi connectivity index (χ2n) is 4.23. The summed E-state index contributed by atoms with van der Waals surface area (Å²) in [6.45, 7) is 6.29. The van der Waals surface area contributed by atoms with Gasteiger partial charge in [0.15, 0.2) is 0 Å². The molecular weight excluding hydrogens is 226 g/mol. The van der Waals surface area contributed by atoms with Crippen LogP contribution in [0.1, 0.15) is 31.4 Å². The molecule has 0 aliphatic carbocycles. The van der Waals surface area contributed by atoms with Crippen LogP contribution in [0.3, 0.4) is 0 Å². The first-order valence-electron chi connectivity index (χ1n) is 6.13. The number of amides is 1. The highest BCUT2D eigenvalue weighted by atomic mass is 16.5. The van der Waals surface area contributed by atoms with Crippen molar-refractivity contribution in [2.24, 2.45) is 0 Å². The molecule has 1 aromatic rings. The smallest absolute Gasteiger partial charge is 0.216 e. The lowest BCUT2D eigenvalue weighted by atomic mass is 9.97. The molecule has 0 saturated carbocycles. The molecule has 0 fully saturated rings. The lowest BCUT2D eigenvalue weighted by molar-refractivity contribution is -0.118. The van der Waals surface area contributed by atoms with E-state index in [0.29, 0.717) is 6.54 Å². The van der Waals surface area contributed by atoms with Crippen LogP contribution < -0.4 is 10.1 Å². The minimum Gasteiger partial charge on any atom is -0.497 e. The van der Waals surface area contributed by atoms with Crippen LogP contribution in [-0.4, -0.2) is 19.6 Å². The highest BCUT2D eigenvalue weighted by Crippen LogP contribution is 2.25. The van der Waals surface area contributed by atoms with Crippen molar-refractivity contribution in [3.63, 3.8) is 0 Å². The van der Waals surface area contributed by atoms with Gasteiger partial charge in [0, 0.05) is 13.5 Å². The van der Waals surface area contributed by atoms with E-state index in [4.69, 9.17) is 4.74 Å². The number of methoxy groups -OCH3 is 1. The van der Waals surface area contributed by atoms with Gasteiger partial charge in [-0.05, 0) is 49.1 Å². The second-order valence-corrected chi connectivity index (χ2v) is 4.23. The highest BCUT2D eigenvalue weighted by molar-refractivity contribution is 5.74. The number of hydrogen-bond donors (Lipinski definition) is 1. The van der Waals surface area contributed by atoms with Crippen molar-refractivity contribution in [3.05, 3.63) is 35.4 Å².